The van der Waals surface area contributed by atoms with Crippen molar-refractivity contribution in [3.05, 3.63) is 65.4 Å². The second-order valence-electron chi connectivity index (χ2n) is 5.74. The van der Waals surface area contributed by atoms with Gasteiger partial charge >= 0.3 is 0 Å². The highest BCUT2D eigenvalue weighted by Crippen LogP contribution is 2.22. The fraction of sp³-hybridized carbons (Fsp3) is 0.211. The van der Waals surface area contributed by atoms with E-state index in [1.807, 2.05) is 69.3 Å². The van der Waals surface area contributed by atoms with Gasteiger partial charge in [-0.3, -0.25) is 4.79 Å². The maximum absolute atomic E-state index is 12.6. The van der Waals surface area contributed by atoms with E-state index in [1.165, 1.54) is 4.68 Å². The maximum Gasteiger partial charge on any atom is 0.281 e. The van der Waals surface area contributed by atoms with E-state index in [9.17, 15) is 4.79 Å². The van der Waals surface area contributed by atoms with Crippen LogP contribution in [0.3, 0.4) is 0 Å². The highest BCUT2D eigenvalue weighted by Gasteiger charge is 2.22. The lowest BCUT2D eigenvalue weighted by Crippen LogP contribution is -2.14. The van der Waals surface area contributed by atoms with Gasteiger partial charge in [-0.1, -0.05) is 40.6 Å². The first-order valence-electron chi connectivity index (χ1n) is 8.12. The molecule has 0 atom stereocenters. The third-order valence-corrected chi connectivity index (χ3v) is 3.71. The summed E-state index contributed by atoms with van der Waals surface area (Å²) in [6.07, 6.45) is 0. The van der Waals surface area contributed by atoms with E-state index in [-0.39, 0.29) is 11.6 Å². The Morgan fingerprint density at radius 2 is 1.64 bits per heavy atom. The summed E-state index contributed by atoms with van der Waals surface area (Å²) in [5.41, 5.74) is 3.90. The van der Waals surface area contributed by atoms with Gasteiger partial charge in [0.05, 0.1) is 12.3 Å². The molecule has 25 heavy (non-hydrogen) atoms. The number of amides is 1. The smallest absolute Gasteiger partial charge is 0.281 e. The molecule has 0 unspecified atom stereocenters. The predicted octanol–water partition coefficient (Wildman–Crippen LogP) is 3.54. The van der Waals surface area contributed by atoms with Crippen LogP contribution in [-0.4, -0.2) is 27.5 Å². The van der Waals surface area contributed by atoms with Crippen LogP contribution >= 0.6 is 0 Å². The molecule has 2 aromatic carbocycles. The van der Waals surface area contributed by atoms with Gasteiger partial charge in [-0.2, -0.15) is 4.68 Å². The van der Waals surface area contributed by atoms with Crippen LogP contribution in [0.15, 0.2) is 48.5 Å². The number of carbonyl (C=O) groups is 1. The number of hydrogen-bond acceptors (Lipinski definition) is 4. The Morgan fingerprint density at radius 1 is 1.04 bits per heavy atom. The first kappa shape index (κ1) is 16.7. The normalized spacial score (nSPS) is 10.5. The Kier molecular flexibility index (Phi) is 4.79. The number of aromatic nitrogens is 3. The van der Waals surface area contributed by atoms with E-state index in [1.54, 1.807) is 0 Å². The molecule has 0 fully saturated rings. The van der Waals surface area contributed by atoms with Crippen molar-refractivity contribution in [3.8, 4) is 11.6 Å². The van der Waals surface area contributed by atoms with Crippen LogP contribution in [0.4, 0.5) is 5.69 Å². The summed E-state index contributed by atoms with van der Waals surface area (Å²) in [6, 6.07) is 15.3. The SMILES string of the molecule is CCOc1c(C(=O)Nc2ccc(C)cc2)nnn1-c1ccc(C)cc1. The molecule has 0 aliphatic rings. The molecule has 0 saturated carbocycles. The molecule has 128 valence electrons. The Morgan fingerprint density at radius 3 is 2.24 bits per heavy atom. The molecular weight excluding hydrogens is 316 g/mol. The molecule has 1 heterocycles. The van der Waals surface area contributed by atoms with Gasteiger partial charge in [0.1, 0.15) is 0 Å². The van der Waals surface area contributed by atoms with Crippen molar-refractivity contribution in [1.29, 1.82) is 0 Å². The first-order chi connectivity index (χ1) is 12.1. The summed E-state index contributed by atoms with van der Waals surface area (Å²) in [7, 11) is 0. The Labute approximate surface area is 146 Å². The fourth-order valence-corrected chi connectivity index (χ4v) is 2.36. The fourth-order valence-electron chi connectivity index (χ4n) is 2.36. The van der Waals surface area contributed by atoms with Crippen LogP contribution in [0.1, 0.15) is 28.5 Å². The number of anilines is 1. The van der Waals surface area contributed by atoms with E-state index in [0.717, 1.165) is 16.8 Å². The third kappa shape index (κ3) is 3.68. The van der Waals surface area contributed by atoms with Gasteiger partial charge < -0.3 is 10.1 Å². The van der Waals surface area contributed by atoms with Crippen LogP contribution < -0.4 is 10.1 Å². The largest absolute Gasteiger partial charge is 0.476 e. The number of benzene rings is 2. The first-order valence-corrected chi connectivity index (χ1v) is 8.12. The summed E-state index contributed by atoms with van der Waals surface area (Å²) in [4.78, 5) is 12.6. The Bertz CT molecular complexity index is 867. The molecule has 3 rings (SSSR count). The third-order valence-electron chi connectivity index (χ3n) is 3.71. The van der Waals surface area contributed by atoms with Crippen LogP contribution in [0.2, 0.25) is 0 Å². The molecule has 6 nitrogen and oxygen atoms in total. The van der Waals surface area contributed by atoms with Crippen LogP contribution in [0.5, 0.6) is 5.88 Å². The lowest BCUT2D eigenvalue weighted by atomic mass is 10.2. The summed E-state index contributed by atoms with van der Waals surface area (Å²) in [5.74, 6) is -0.0263. The van der Waals surface area contributed by atoms with Gasteiger partial charge in [0, 0.05) is 5.69 Å². The molecule has 0 bridgehead atoms. The summed E-state index contributed by atoms with van der Waals surface area (Å²) in [5, 5.41) is 10.9. The van der Waals surface area contributed by atoms with E-state index in [4.69, 9.17) is 4.74 Å². The van der Waals surface area contributed by atoms with Gasteiger partial charge in [-0.15, -0.1) is 5.10 Å². The van der Waals surface area contributed by atoms with Crippen molar-refractivity contribution < 1.29 is 9.53 Å². The second kappa shape index (κ2) is 7.17. The van der Waals surface area contributed by atoms with Gasteiger partial charge in [0.2, 0.25) is 5.69 Å². The van der Waals surface area contributed by atoms with Gasteiger partial charge in [0.25, 0.3) is 11.8 Å². The van der Waals surface area contributed by atoms with Gasteiger partial charge in [-0.25, -0.2) is 0 Å². The molecule has 0 spiro atoms. The van der Waals surface area contributed by atoms with Crippen molar-refractivity contribution in [2.24, 2.45) is 0 Å². The van der Waals surface area contributed by atoms with Crippen LogP contribution in [-0.2, 0) is 0 Å². The predicted molar refractivity (Wildman–Crippen MR) is 96.4 cm³/mol. The van der Waals surface area contributed by atoms with Crippen molar-refractivity contribution in [2.45, 2.75) is 20.8 Å². The molecule has 0 saturated heterocycles. The van der Waals surface area contributed by atoms with E-state index in [0.29, 0.717) is 18.2 Å². The maximum atomic E-state index is 12.6. The highest BCUT2D eigenvalue weighted by molar-refractivity contribution is 6.04. The molecule has 6 heteroatoms. The lowest BCUT2D eigenvalue weighted by molar-refractivity contribution is 0.101. The molecule has 1 N–H and O–H groups in total. The van der Waals surface area contributed by atoms with E-state index < -0.39 is 0 Å². The zero-order valence-corrected chi connectivity index (χ0v) is 14.5. The topological polar surface area (TPSA) is 69.0 Å². The van der Waals surface area contributed by atoms with E-state index in [2.05, 4.69) is 15.6 Å². The molecular formula is C19H20N4O2. The number of rotatable bonds is 5. The average Bonchev–Trinajstić information content (AvgIpc) is 3.02. The van der Waals surface area contributed by atoms with Gasteiger partial charge in [0.15, 0.2) is 0 Å². The van der Waals surface area contributed by atoms with Crippen LogP contribution in [0.25, 0.3) is 5.69 Å². The summed E-state index contributed by atoms with van der Waals surface area (Å²) < 4.78 is 7.18. The van der Waals surface area contributed by atoms with Crippen molar-refractivity contribution in [2.75, 3.05) is 11.9 Å². The average molecular weight is 336 g/mol. The lowest BCUT2D eigenvalue weighted by Gasteiger charge is -2.09. The molecule has 0 radical (unpaired) electrons. The minimum Gasteiger partial charge on any atom is -0.476 e. The number of hydrogen-bond donors (Lipinski definition) is 1. The number of nitrogens with one attached hydrogen (secondary N) is 1. The molecule has 0 aliphatic heterocycles. The monoisotopic (exact) mass is 336 g/mol. The van der Waals surface area contributed by atoms with Gasteiger partial charge in [-0.05, 0) is 45.0 Å². The molecule has 1 aromatic heterocycles. The Hall–Kier alpha value is -3.15. The zero-order chi connectivity index (χ0) is 17.8. The van der Waals surface area contributed by atoms with E-state index >= 15 is 0 Å². The molecule has 1 amide bonds. The minimum absolute atomic E-state index is 0.156. The second-order valence-corrected chi connectivity index (χ2v) is 5.74. The number of carbonyl (C=O) groups excluding carboxylic acids is 1. The number of aryl methyl sites for hydroxylation is 2. The molecule has 0 aliphatic carbocycles. The summed E-state index contributed by atoms with van der Waals surface area (Å²) >= 11 is 0. The van der Waals surface area contributed by atoms with Crippen molar-refractivity contribution in [1.82, 2.24) is 15.0 Å². The summed E-state index contributed by atoms with van der Waals surface area (Å²) in [6.45, 7) is 6.26. The quantitative estimate of drug-likeness (QED) is 0.774. The van der Waals surface area contributed by atoms with Crippen molar-refractivity contribution >= 4 is 11.6 Å². The number of nitrogens with zero attached hydrogens (tertiary/aromatic N) is 3. The number of ether oxygens (including phenoxy) is 1. The minimum atomic E-state index is -0.356. The van der Waals surface area contributed by atoms with Crippen LogP contribution in [0, 0.1) is 13.8 Å². The Balaban J connectivity index is 1.91. The standard InChI is InChI=1S/C19H20N4O2/c1-4-25-19-17(18(24)20-15-9-5-13(2)6-10-15)21-22-23(19)16-11-7-14(3)8-12-16/h5-12H,4H2,1-3H3,(H,20,24). The highest BCUT2D eigenvalue weighted by atomic mass is 16.5. The van der Waals surface area contributed by atoms with Crippen molar-refractivity contribution in [3.63, 3.8) is 0 Å². The molecule has 3 aromatic rings. The zero-order valence-electron chi connectivity index (χ0n) is 14.5.